The van der Waals surface area contributed by atoms with Crippen molar-refractivity contribution in [3.8, 4) is 16.9 Å². The van der Waals surface area contributed by atoms with Crippen molar-refractivity contribution in [1.82, 2.24) is 20.0 Å². The zero-order valence-electron chi connectivity index (χ0n) is 15.6. The minimum atomic E-state index is -0.101. The summed E-state index contributed by atoms with van der Waals surface area (Å²) in [6.45, 7) is 3.49. The van der Waals surface area contributed by atoms with Crippen molar-refractivity contribution < 1.29 is 4.79 Å². The minimum absolute atomic E-state index is 0.101. The van der Waals surface area contributed by atoms with E-state index in [9.17, 15) is 4.79 Å². The Kier molecular flexibility index (Phi) is 4.63. The van der Waals surface area contributed by atoms with Crippen molar-refractivity contribution in [2.45, 2.75) is 13.8 Å². The third kappa shape index (κ3) is 3.78. The summed E-state index contributed by atoms with van der Waals surface area (Å²) in [5.74, 6) is 0.602. The second-order valence-corrected chi connectivity index (χ2v) is 6.50. The fraction of sp³-hybridized carbons (Fsp3) is 0.0952. The van der Waals surface area contributed by atoms with E-state index in [1.54, 1.807) is 6.20 Å². The summed E-state index contributed by atoms with van der Waals surface area (Å²) >= 11 is 0. The molecule has 0 unspecified atom stereocenters. The normalized spacial score (nSPS) is 10.6. The number of carbonyl (C=O) groups is 1. The molecular formula is C21H20N6O. The molecule has 7 heteroatoms. The molecule has 0 saturated carbocycles. The molecule has 3 N–H and O–H groups in total. The van der Waals surface area contributed by atoms with Crippen molar-refractivity contribution >= 4 is 23.1 Å². The van der Waals surface area contributed by atoms with Gasteiger partial charge in [0.2, 0.25) is 5.91 Å². The molecule has 0 spiro atoms. The van der Waals surface area contributed by atoms with Gasteiger partial charge in [0.25, 0.3) is 0 Å². The summed E-state index contributed by atoms with van der Waals surface area (Å²) in [4.78, 5) is 11.3. The number of aromatic nitrogens is 4. The first-order valence-electron chi connectivity index (χ1n) is 8.89. The first-order valence-corrected chi connectivity index (χ1v) is 8.89. The van der Waals surface area contributed by atoms with Crippen molar-refractivity contribution in [2.75, 3.05) is 10.6 Å². The standard InChI is InChI=1S/C21H20N6O/c1-14-4-7-17(23-15(2)28)12-19(14)24-21-13-20(25-26-21)16-5-8-18(9-6-16)27-11-3-10-22-27/h3-13H,1-2H3,(H,23,28)(H2,24,25,26). The molecule has 0 aliphatic heterocycles. The van der Waals surface area contributed by atoms with E-state index < -0.39 is 0 Å². The van der Waals surface area contributed by atoms with Gasteiger partial charge in [-0.25, -0.2) is 4.68 Å². The quantitative estimate of drug-likeness (QED) is 0.488. The lowest BCUT2D eigenvalue weighted by Gasteiger charge is -2.10. The lowest BCUT2D eigenvalue weighted by Crippen LogP contribution is -2.06. The van der Waals surface area contributed by atoms with Crippen LogP contribution in [0.25, 0.3) is 16.9 Å². The van der Waals surface area contributed by atoms with E-state index in [0.717, 1.165) is 33.9 Å². The predicted molar refractivity (Wildman–Crippen MR) is 110 cm³/mol. The van der Waals surface area contributed by atoms with E-state index in [2.05, 4.69) is 25.9 Å². The Morgan fingerprint density at radius 2 is 1.93 bits per heavy atom. The largest absolute Gasteiger partial charge is 0.338 e. The number of aromatic amines is 1. The Balaban J connectivity index is 1.53. The Labute approximate surface area is 162 Å². The second kappa shape index (κ2) is 7.40. The third-order valence-corrected chi connectivity index (χ3v) is 4.35. The molecule has 0 bridgehead atoms. The van der Waals surface area contributed by atoms with E-state index >= 15 is 0 Å². The number of nitrogens with one attached hydrogen (secondary N) is 3. The molecule has 7 nitrogen and oxygen atoms in total. The number of aryl methyl sites for hydroxylation is 1. The number of rotatable bonds is 5. The number of nitrogens with zero attached hydrogens (tertiary/aromatic N) is 3. The molecule has 1 amide bonds. The highest BCUT2D eigenvalue weighted by Gasteiger charge is 2.07. The summed E-state index contributed by atoms with van der Waals surface area (Å²) in [6, 6.07) is 17.6. The smallest absolute Gasteiger partial charge is 0.221 e. The van der Waals surface area contributed by atoms with Crippen LogP contribution >= 0.6 is 0 Å². The lowest BCUT2D eigenvalue weighted by molar-refractivity contribution is -0.114. The lowest BCUT2D eigenvalue weighted by atomic mass is 10.1. The minimum Gasteiger partial charge on any atom is -0.338 e. The van der Waals surface area contributed by atoms with Crippen LogP contribution in [0, 0.1) is 6.92 Å². The van der Waals surface area contributed by atoms with E-state index in [4.69, 9.17) is 0 Å². The molecule has 2 aromatic heterocycles. The summed E-state index contributed by atoms with van der Waals surface area (Å²) < 4.78 is 1.81. The zero-order chi connectivity index (χ0) is 19.5. The number of hydrogen-bond donors (Lipinski definition) is 3. The fourth-order valence-corrected chi connectivity index (χ4v) is 2.92. The molecule has 28 heavy (non-hydrogen) atoms. The van der Waals surface area contributed by atoms with Gasteiger partial charge < -0.3 is 10.6 Å². The fourth-order valence-electron chi connectivity index (χ4n) is 2.92. The number of anilines is 3. The Bertz CT molecular complexity index is 1100. The van der Waals surface area contributed by atoms with Crippen LogP contribution in [0.1, 0.15) is 12.5 Å². The molecule has 0 radical (unpaired) electrons. The van der Waals surface area contributed by atoms with Crippen molar-refractivity contribution in [2.24, 2.45) is 0 Å². The van der Waals surface area contributed by atoms with Crippen molar-refractivity contribution in [3.63, 3.8) is 0 Å². The molecule has 4 aromatic rings. The molecule has 0 fully saturated rings. The van der Waals surface area contributed by atoms with E-state index in [-0.39, 0.29) is 5.91 Å². The van der Waals surface area contributed by atoms with Crippen LogP contribution in [-0.2, 0) is 4.79 Å². The van der Waals surface area contributed by atoms with Crippen LogP contribution in [0.5, 0.6) is 0 Å². The van der Waals surface area contributed by atoms with E-state index in [1.165, 1.54) is 6.92 Å². The van der Waals surface area contributed by atoms with Crippen molar-refractivity contribution in [1.29, 1.82) is 0 Å². The number of H-pyrrole nitrogens is 1. The topological polar surface area (TPSA) is 87.6 Å². The first-order chi connectivity index (χ1) is 13.6. The summed E-state index contributed by atoms with van der Waals surface area (Å²) in [6.07, 6.45) is 3.66. The van der Waals surface area contributed by atoms with Gasteiger partial charge in [-0.3, -0.25) is 9.89 Å². The predicted octanol–water partition coefficient (Wildman–Crippen LogP) is 4.27. The van der Waals surface area contributed by atoms with Gasteiger partial charge in [0, 0.05) is 36.8 Å². The number of hydrogen-bond acceptors (Lipinski definition) is 4. The maximum absolute atomic E-state index is 11.3. The van der Waals surface area contributed by atoms with Gasteiger partial charge in [0.1, 0.15) is 0 Å². The first kappa shape index (κ1) is 17.5. The Morgan fingerprint density at radius 1 is 1.11 bits per heavy atom. The molecule has 140 valence electrons. The van der Waals surface area contributed by atoms with Gasteiger partial charge in [-0.2, -0.15) is 10.2 Å². The number of carbonyl (C=O) groups excluding carboxylic acids is 1. The van der Waals surface area contributed by atoms with Gasteiger partial charge in [-0.05, 0) is 48.4 Å². The third-order valence-electron chi connectivity index (χ3n) is 4.35. The van der Waals surface area contributed by atoms with Gasteiger partial charge >= 0.3 is 0 Å². The Morgan fingerprint density at radius 3 is 2.64 bits per heavy atom. The second-order valence-electron chi connectivity index (χ2n) is 6.50. The van der Waals surface area contributed by atoms with E-state index in [1.807, 2.05) is 72.4 Å². The molecular weight excluding hydrogens is 352 g/mol. The average molecular weight is 372 g/mol. The van der Waals surface area contributed by atoms with Gasteiger partial charge in [-0.1, -0.05) is 18.2 Å². The highest BCUT2D eigenvalue weighted by atomic mass is 16.1. The van der Waals surface area contributed by atoms with Crippen LogP contribution < -0.4 is 10.6 Å². The van der Waals surface area contributed by atoms with Gasteiger partial charge in [0.15, 0.2) is 5.82 Å². The van der Waals surface area contributed by atoms with Crippen molar-refractivity contribution in [3.05, 3.63) is 72.6 Å². The highest BCUT2D eigenvalue weighted by Crippen LogP contribution is 2.26. The molecule has 0 atom stereocenters. The van der Waals surface area contributed by atoms with Crippen LogP contribution in [0.2, 0.25) is 0 Å². The summed E-state index contributed by atoms with van der Waals surface area (Å²) in [5.41, 5.74) is 5.62. The average Bonchev–Trinajstić information content (AvgIpc) is 3.36. The number of benzene rings is 2. The molecule has 0 saturated heterocycles. The molecule has 2 heterocycles. The zero-order valence-corrected chi connectivity index (χ0v) is 15.6. The van der Waals surface area contributed by atoms with Gasteiger partial charge in [-0.15, -0.1) is 0 Å². The molecule has 2 aromatic carbocycles. The maximum atomic E-state index is 11.3. The summed E-state index contributed by atoms with van der Waals surface area (Å²) in [5, 5.41) is 17.7. The highest BCUT2D eigenvalue weighted by molar-refractivity contribution is 5.89. The van der Waals surface area contributed by atoms with Crippen LogP contribution in [0.3, 0.4) is 0 Å². The molecule has 0 aliphatic carbocycles. The molecule has 4 rings (SSSR count). The Hall–Kier alpha value is -3.87. The van der Waals surface area contributed by atoms with Crippen LogP contribution in [-0.4, -0.2) is 25.9 Å². The van der Waals surface area contributed by atoms with Gasteiger partial charge in [0.05, 0.1) is 11.4 Å². The van der Waals surface area contributed by atoms with E-state index in [0.29, 0.717) is 5.82 Å². The number of amides is 1. The van der Waals surface area contributed by atoms with Crippen LogP contribution in [0.15, 0.2) is 67.0 Å². The van der Waals surface area contributed by atoms with Crippen LogP contribution in [0.4, 0.5) is 17.2 Å². The molecule has 0 aliphatic rings. The SMILES string of the molecule is CC(=O)Nc1ccc(C)c(Nc2cc(-c3ccc(-n4cccn4)cc3)[nH]n2)c1. The monoisotopic (exact) mass is 372 g/mol. The maximum Gasteiger partial charge on any atom is 0.221 e. The summed E-state index contributed by atoms with van der Waals surface area (Å²) in [7, 11) is 0.